The fraction of sp³-hybridized carbons (Fsp3) is 0.250. The zero-order valence-electron chi connectivity index (χ0n) is 12.8. The zero-order chi connectivity index (χ0) is 16.3. The van der Waals surface area contributed by atoms with Crippen LogP contribution >= 0.6 is 0 Å². The van der Waals surface area contributed by atoms with E-state index in [4.69, 9.17) is 5.73 Å². The van der Waals surface area contributed by atoms with E-state index in [0.29, 0.717) is 0 Å². The standard InChI is InChI=1S/C16H18N4O2/c1-9-4-5-10(2)12(8-9)11(3)20-16(22)14-13(15(17)21)18-6-7-19-14/h4-8,11H,1-3H3,(H2,17,21)(H,20,22)/t11-/m0/s1. The van der Waals surface area contributed by atoms with Crippen LogP contribution in [0, 0.1) is 13.8 Å². The summed E-state index contributed by atoms with van der Waals surface area (Å²) in [7, 11) is 0. The van der Waals surface area contributed by atoms with E-state index in [0.717, 1.165) is 16.7 Å². The van der Waals surface area contributed by atoms with E-state index in [1.807, 2.05) is 39.0 Å². The molecule has 114 valence electrons. The Hall–Kier alpha value is -2.76. The van der Waals surface area contributed by atoms with Gasteiger partial charge in [0.15, 0.2) is 11.4 Å². The summed E-state index contributed by atoms with van der Waals surface area (Å²) in [5.41, 5.74) is 8.22. The van der Waals surface area contributed by atoms with Crippen LogP contribution in [0.1, 0.15) is 50.6 Å². The molecule has 2 rings (SSSR count). The molecule has 0 saturated carbocycles. The minimum absolute atomic E-state index is 0.0628. The Morgan fingerprint density at radius 3 is 2.41 bits per heavy atom. The number of aromatic nitrogens is 2. The van der Waals surface area contributed by atoms with Gasteiger partial charge < -0.3 is 11.1 Å². The van der Waals surface area contributed by atoms with Crippen LogP contribution < -0.4 is 11.1 Å². The van der Waals surface area contributed by atoms with E-state index in [1.54, 1.807) is 0 Å². The van der Waals surface area contributed by atoms with E-state index in [1.165, 1.54) is 12.4 Å². The molecule has 0 bridgehead atoms. The molecule has 0 aliphatic heterocycles. The number of primary amides is 1. The molecule has 1 aromatic carbocycles. The summed E-state index contributed by atoms with van der Waals surface area (Å²) in [6.07, 6.45) is 2.68. The van der Waals surface area contributed by atoms with Crippen molar-refractivity contribution < 1.29 is 9.59 Å². The van der Waals surface area contributed by atoms with Crippen molar-refractivity contribution in [2.45, 2.75) is 26.8 Å². The summed E-state index contributed by atoms with van der Waals surface area (Å²) < 4.78 is 0. The van der Waals surface area contributed by atoms with Crippen LogP contribution in [-0.2, 0) is 0 Å². The second-order valence-electron chi connectivity index (χ2n) is 5.17. The second-order valence-corrected chi connectivity index (χ2v) is 5.17. The average molecular weight is 298 g/mol. The Morgan fingerprint density at radius 2 is 1.77 bits per heavy atom. The van der Waals surface area contributed by atoms with E-state index in [2.05, 4.69) is 15.3 Å². The van der Waals surface area contributed by atoms with Gasteiger partial charge in [-0.15, -0.1) is 0 Å². The number of nitrogens with one attached hydrogen (secondary N) is 1. The molecule has 0 fully saturated rings. The van der Waals surface area contributed by atoms with Gasteiger partial charge >= 0.3 is 0 Å². The first-order valence-electron chi connectivity index (χ1n) is 6.89. The SMILES string of the molecule is Cc1ccc(C)c([C@H](C)NC(=O)c2nccnc2C(N)=O)c1. The van der Waals surface area contributed by atoms with Gasteiger partial charge in [0.1, 0.15) is 0 Å². The molecule has 0 saturated heterocycles. The highest BCUT2D eigenvalue weighted by Crippen LogP contribution is 2.19. The molecule has 1 atom stereocenters. The highest BCUT2D eigenvalue weighted by Gasteiger charge is 2.20. The van der Waals surface area contributed by atoms with Crippen LogP contribution in [0.5, 0.6) is 0 Å². The van der Waals surface area contributed by atoms with E-state index >= 15 is 0 Å². The first kappa shape index (κ1) is 15.6. The van der Waals surface area contributed by atoms with Gasteiger partial charge in [0.05, 0.1) is 6.04 Å². The Labute approximate surface area is 128 Å². The summed E-state index contributed by atoms with van der Waals surface area (Å²) in [5.74, 6) is -1.26. The molecular weight excluding hydrogens is 280 g/mol. The smallest absolute Gasteiger partial charge is 0.272 e. The molecule has 2 aromatic rings. The Morgan fingerprint density at radius 1 is 1.14 bits per heavy atom. The predicted molar refractivity (Wildman–Crippen MR) is 82.3 cm³/mol. The molecule has 1 heterocycles. The molecule has 3 N–H and O–H groups in total. The molecule has 1 aromatic heterocycles. The first-order valence-corrected chi connectivity index (χ1v) is 6.89. The number of hydrogen-bond acceptors (Lipinski definition) is 4. The normalized spacial score (nSPS) is 11.8. The lowest BCUT2D eigenvalue weighted by atomic mass is 10.00. The molecule has 0 radical (unpaired) electrons. The van der Waals surface area contributed by atoms with Crippen molar-refractivity contribution in [2.75, 3.05) is 0 Å². The van der Waals surface area contributed by atoms with E-state index < -0.39 is 11.8 Å². The number of carbonyl (C=O) groups excluding carboxylic acids is 2. The second kappa shape index (κ2) is 6.34. The van der Waals surface area contributed by atoms with Gasteiger partial charge in [-0.25, -0.2) is 9.97 Å². The molecule has 0 spiro atoms. The van der Waals surface area contributed by atoms with Crippen LogP contribution in [0.15, 0.2) is 30.6 Å². The molecule has 0 aliphatic rings. The molecule has 6 heteroatoms. The maximum Gasteiger partial charge on any atom is 0.272 e. The quantitative estimate of drug-likeness (QED) is 0.897. The molecule has 22 heavy (non-hydrogen) atoms. The van der Waals surface area contributed by atoms with Gasteiger partial charge in [-0.05, 0) is 31.9 Å². The fourth-order valence-corrected chi connectivity index (χ4v) is 2.25. The lowest BCUT2D eigenvalue weighted by Crippen LogP contribution is -2.31. The first-order chi connectivity index (χ1) is 10.4. The van der Waals surface area contributed by atoms with Crippen LogP contribution in [-0.4, -0.2) is 21.8 Å². The highest BCUT2D eigenvalue weighted by molar-refractivity contribution is 6.04. The molecule has 0 unspecified atom stereocenters. The van der Waals surface area contributed by atoms with Gasteiger partial charge in [0, 0.05) is 12.4 Å². The van der Waals surface area contributed by atoms with Crippen molar-refractivity contribution in [1.29, 1.82) is 0 Å². The topological polar surface area (TPSA) is 98.0 Å². The van der Waals surface area contributed by atoms with Crippen LogP contribution in [0.2, 0.25) is 0 Å². The number of nitrogens with two attached hydrogens (primary N) is 1. The van der Waals surface area contributed by atoms with Crippen LogP contribution in [0.3, 0.4) is 0 Å². The minimum atomic E-state index is -0.780. The van der Waals surface area contributed by atoms with E-state index in [-0.39, 0.29) is 17.4 Å². The van der Waals surface area contributed by atoms with Gasteiger partial charge in [-0.2, -0.15) is 0 Å². The zero-order valence-corrected chi connectivity index (χ0v) is 12.8. The van der Waals surface area contributed by atoms with Gasteiger partial charge in [-0.1, -0.05) is 23.8 Å². The summed E-state index contributed by atoms with van der Waals surface area (Å²) in [4.78, 5) is 31.4. The summed E-state index contributed by atoms with van der Waals surface area (Å²) >= 11 is 0. The minimum Gasteiger partial charge on any atom is -0.364 e. The Bertz CT molecular complexity index is 728. The molecular formula is C16H18N4O2. The summed E-state index contributed by atoms with van der Waals surface area (Å²) in [6.45, 7) is 5.85. The molecule has 0 aliphatic carbocycles. The van der Waals surface area contributed by atoms with Crippen LogP contribution in [0.4, 0.5) is 0 Å². The van der Waals surface area contributed by atoms with Crippen LogP contribution in [0.25, 0.3) is 0 Å². The number of rotatable bonds is 4. The van der Waals surface area contributed by atoms with Gasteiger partial charge in [0.2, 0.25) is 0 Å². The maximum absolute atomic E-state index is 12.3. The maximum atomic E-state index is 12.3. The van der Waals surface area contributed by atoms with Crippen molar-refractivity contribution in [2.24, 2.45) is 5.73 Å². The predicted octanol–water partition coefficient (Wildman–Crippen LogP) is 1.68. The number of hydrogen-bond donors (Lipinski definition) is 2. The number of amides is 2. The van der Waals surface area contributed by atoms with Crippen molar-refractivity contribution in [3.8, 4) is 0 Å². The summed E-state index contributed by atoms with van der Waals surface area (Å²) in [6, 6.07) is 5.81. The molecule has 2 amide bonds. The Balaban J connectivity index is 2.25. The number of benzene rings is 1. The monoisotopic (exact) mass is 298 g/mol. The number of carbonyl (C=O) groups is 2. The highest BCUT2D eigenvalue weighted by atomic mass is 16.2. The third kappa shape index (κ3) is 3.28. The molecule has 6 nitrogen and oxygen atoms in total. The lowest BCUT2D eigenvalue weighted by molar-refractivity contribution is 0.0917. The lowest BCUT2D eigenvalue weighted by Gasteiger charge is -2.17. The third-order valence-corrected chi connectivity index (χ3v) is 3.40. The van der Waals surface area contributed by atoms with Crippen molar-refractivity contribution in [1.82, 2.24) is 15.3 Å². The third-order valence-electron chi connectivity index (χ3n) is 3.40. The summed E-state index contributed by atoms with van der Waals surface area (Å²) in [5, 5.41) is 2.83. The largest absolute Gasteiger partial charge is 0.364 e. The Kier molecular flexibility index (Phi) is 4.50. The van der Waals surface area contributed by atoms with Crippen molar-refractivity contribution in [3.05, 3.63) is 58.7 Å². The van der Waals surface area contributed by atoms with Crippen molar-refractivity contribution >= 4 is 11.8 Å². The van der Waals surface area contributed by atoms with E-state index in [9.17, 15) is 9.59 Å². The number of nitrogens with zero attached hydrogens (tertiary/aromatic N) is 2. The fourth-order valence-electron chi connectivity index (χ4n) is 2.25. The van der Waals surface area contributed by atoms with Gasteiger partial charge in [-0.3, -0.25) is 9.59 Å². The van der Waals surface area contributed by atoms with Gasteiger partial charge in [0.25, 0.3) is 11.8 Å². The van der Waals surface area contributed by atoms with Crippen molar-refractivity contribution in [3.63, 3.8) is 0 Å². The average Bonchev–Trinajstić information content (AvgIpc) is 2.49. The number of aryl methyl sites for hydroxylation is 2.